The number of halogens is 3. The van der Waals surface area contributed by atoms with Crippen molar-refractivity contribution < 1.29 is 13.6 Å². The molecule has 0 saturated carbocycles. The van der Waals surface area contributed by atoms with Gasteiger partial charge in [0.15, 0.2) is 0 Å². The molecule has 0 radical (unpaired) electrons. The molecule has 2 nitrogen and oxygen atoms in total. The second-order valence-corrected chi connectivity index (χ2v) is 4.83. The zero-order chi connectivity index (χ0) is 12.4. The van der Waals surface area contributed by atoms with Crippen molar-refractivity contribution in [3.8, 4) is 0 Å². The van der Waals surface area contributed by atoms with Gasteiger partial charge >= 0.3 is 0 Å². The number of hydrogen-bond acceptors (Lipinski definition) is 1. The first-order valence-electron chi connectivity index (χ1n) is 5.42. The predicted octanol–water partition coefficient (Wildman–Crippen LogP) is 2.82. The highest BCUT2D eigenvalue weighted by Gasteiger charge is 2.27. The zero-order valence-corrected chi connectivity index (χ0v) is 10.7. The summed E-state index contributed by atoms with van der Waals surface area (Å²) >= 11 is 3.37. The van der Waals surface area contributed by atoms with Crippen LogP contribution in [0.1, 0.15) is 16.8 Å². The van der Waals surface area contributed by atoms with Crippen molar-refractivity contribution in [2.75, 3.05) is 18.4 Å². The molecular formula is C12H12BrF2NO. The van der Waals surface area contributed by atoms with Gasteiger partial charge in [0, 0.05) is 24.5 Å². The summed E-state index contributed by atoms with van der Waals surface area (Å²) in [5, 5.41) is 0.836. The molecule has 0 aliphatic carbocycles. The van der Waals surface area contributed by atoms with Crippen molar-refractivity contribution >= 4 is 21.8 Å². The monoisotopic (exact) mass is 303 g/mol. The molecule has 1 unspecified atom stereocenters. The largest absolute Gasteiger partial charge is 0.338 e. The molecule has 92 valence electrons. The maximum absolute atomic E-state index is 13.4. The van der Waals surface area contributed by atoms with Crippen molar-refractivity contribution in [3.63, 3.8) is 0 Å². The van der Waals surface area contributed by atoms with E-state index >= 15 is 0 Å². The van der Waals surface area contributed by atoms with Crippen LogP contribution in [-0.4, -0.2) is 29.2 Å². The Morgan fingerprint density at radius 3 is 2.82 bits per heavy atom. The van der Waals surface area contributed by atoms with Gasteiger partial charge in [-0.15, -0.1) is 0 Å². The second kappa shape index (κ2) is 5.12. The number of alkyl halides is 1. The summed E-state index contributed by atoms with van der Waals surface area (Å²) in [4.78, 5) is 13.6. The molecule has 0 spiro atoms. The van der Waals surface area contributed by atoms with Gasteiger partial charge in [0.05, 0.1) is 5.56 Å². The molecule has 1 heterocycles. The molecule has 0 bridgehead atoms. The molecule has 1 aromatic carbocycles. The van der Waals surface area contributed by atoms with Crippen molar-refractivity contribution in [1.29, 1.82) is 0 Å². The van der Waals surface area contributed by atoms with Crippen molar-refractivity contribution in [3.05, 3.63) is 35.4 Å². The normalized spacial score (nSPS) is 19.7. The number of hydrogen-bond donors (Lipinski definition) is 0. The highest BCUT2D eigenvalue weighted by molar-refractivity contribution is 9.09. The van der Waals surface area contributed by atoms with Crippen molar-refractivity contribution in [2.45, 2.75) is 6.42 Å². The number of likely N-dealkylation sites (tertiary alicyclic amines) is 1. The van der Waals surface area contributed by atoms with Gasteiger partial charge in [-0.25, -0.2) is 8.78 Å². The van der Waals surface area contributed by atoms with E-state index in [0.29, 0.717) is 19.0 Å². The van der Waals surface area contributed by atoms with Gasteiger partial charge in [-0.05, 0) is 24.5 Å². The average molecular weight is 304 g/mol. The van der Waals surface area contributed by atoms with E-state index in [1.165, 1.54) is 6.07 Å². The molecule has 1 atom stereocenters. The Morgan fingerprint density at radius 1 is 1.47 bits per heavy atom. The van der Waals surface area contributed by atoms with E-state index in [1.54, 1.807) is 4.90 Å². The maximum Gasteiger partial charge on any atom is 0.256 e. The minimum absolute atomic E-state index is 0.0541. The maximum atomic E-state index is 13.4. The smallest absolute Gasteiger partial charge is 0.256 e. The number of benzene rings is 1. The molecule has 1 fully saturated rings. The topological polar surface area (TPSA) is 20.3 Å². The third kappa shape index (κ3) is 2.65. The zero-order valence-electron chi connectivity index (χ0n) is 9.13. The molecule has 2 rings (SSSR count). The van der Waals surface area contributed by atoms with E-state index in [1.807, 2.05) is 0 Å². The summed E-state index contributed by atoms with van der Waals surface area (Å²) in [5.74, 6) is -1.40. The van der Waals surface area contributed by atoms with E-state index in [-0.39, 0.29) is 11.5 Å². The van der Waals surface area contributed by atoms with E-state index in [9.17, 15) is 13.6 Å². The lowest BCUT2D eigenvalue weighted by Crippen LogP contribution is -2.29. The van der Waals surface area contributed by atoms with Crippen LogP contribution < -0.4 is 0 Å². The van der Waals surface area contributed by atoms with E-state index in [0.717, 1.165) is 23.9 Å². The summed E-state index contributed by atoms with van der Waals surface area (Å²) in [6.07, 6.45) is 0.916. The van der Waals surface area contributed by atoms with Crippen LogP contribution >= 0.6 is 15.9 Å². The fourth-order valence-electron chi connectivity index (χ4n) is 1.98. The molecule has 0 N–H and O–H groups in total. The number of amides is 1. The second-order valence-electron chi connectivity index (χ2n) is 4.18. The van der Waals surface area contributed by atoms with E-state index in [4.69, 9.17) is 0 Å². The molecule has 1 aromatic rings. The molecule has 1 aliphatic heterocycles. The fourth-order valence-corrected chi connectivity index (χ4v) is 2.50. The van der Waals surface area contributed by atoms with Gasteiger partial charge in [0.1, 0.15) is 11.6 Å². The standard InChI is InChI=1S/C12H12BrF2NO/c13-6-8-3-4-16(7-8)12(17)10-2-1-9(14)5-11(10)15/h1-2,5,8H,3-4,6-7H2. The van der Waals surface area contributed by atoms with Crippen LogP contribution in [0.15, 0.2) is 18.2 Å². The predicted molar refractivity (Wildman–Crippen MR) is 64.2 cm³/mol. The highest BCUT2D eigenvalue weighted by Crippen LogP contribution is 2.21. The average Bonchev–Trinajstić information content (AvgIpc) is 2.76. The number of carbonyl (C=O) groups is 1. The quantitative estimate of drug-likeness (QED) is 0.769. The minimum atomic E-state index is -0.794. The van der Waals surface area contributed by atoms with Crippen molar-refractivity contribution in [1.82, 2.24) is 4.90 Å². The Labute approximate surface area is 107 Å². The third-order valence-corrected chi connectivity index (χ3v) is 3.87. The summed E-state index contributed by atoms with van der Waals surface area (Å²) < 4.78 is 26.2. The Kier molecular flexibility index (Phi) is 3.76. The SMILES string of the molecule is O=C(c1ccc(F)cc1F)N1CCC(CBr)C1. The highest BCUT2D eigenvalue weighted by atomic mass is 79.9. The van der Waals surface area contributed by atoms with Crippen LogP contribution in [-0.2, 0) is 0 Å². The Morgan fingerprint density at radius 2 is 2.24 bits per heavy atom. The van der Waals surface area contributed by atoms with Crippen LogP contribution in [0.2, 0.25) is 0 Å². The van der Waals surface area contributed by atoms with Crippen LogP contribution in [0.25, 0.3) is 0 Å². The van der Waals surface area contributed by atoms with Gasteiger partial charge < -0.3 is 4.90 Å². The summed E-state index contributed by atoms with van der Waals surface area (Å²) in [7, 11) is 0. The molecule has 1 amide bonds. The molecule has 1 saturated heterocycles. The van der Waals surface area contributed by atoms with Crippen LogP contribution in [0.3, 0.4) is 0 Å². The van der Waals surface area contributed by atoms with Crippen LogP contribution in [0.5, 0.6) is 0 Å². The fraction of sp³-hybridized carbons (Fsp3) is 0.417. The van der Waals surface area contributed by atoms with Gasteiger partial charge in [0.2, 0.25) is 0 Å². The summed E-state index contributed by atoms with van der Waals surface area (Å²) in [6.45, 7) is 1.26. The van der Waals surface area contributed by atoms with Gasteiger partial charge in [-0.2, -0.15) is 0 Å². The first-order valence-corrected chi connectivity index (χ1v) is 6.54. The van der Waals surface area contributed by atoms with Crippen LogP contribution in [0, 0.1) is 17.6 Å². The Bertz CT molecular complexity index is 439. The van der Waals surface area contributed by atoms with E-state index in [2.05, 4.69) is 15.9 Å². The number of carbonyl (C=O) groups excluding carboxylic acids is 1. The summed E-state index contributed by atoms with van der Waals surface area (Å²) in [6, 6.07) is 3.05. The Hall–Kier alpha value is -0.970. The van der Waals surface area contributed by atoms with Crippen LogP contribution in [0.4, 0.5) is 8.78 Å². The molecule has 17 heavy (non-hydrogen) atoms. The minimum Gasteiger partial charge on any atom is -0.338 e. The van der Waals surface area contributed by atoms with Gasteiger partial charge in [-0.1, -0.05) is 15.9 Å². The molecular weight excluding hydrogens is 292 g/mol. The lowest BCUT2D eigenvalue weighted by molar-refractivity contribution is 0.0783. The number of rotatable bonds is 2. The van der Waals surface area contributed by atoms with Gasteiger partial charge in [-0.3, -0.25) is 4.79 Å². The van der Waals surface area contributed by atoms with Crippen molar-refractivity contribution in [2.24, 2.45) is 5.92 Å². The third-order valence-electron chi connectivity index (χ3n) is 2.95. The molecule has 0 aromatic heterocycles. The molecule has 1 aliphatic rings. The van der Waals surface area contributed by atoms with E-state index < -0.39 is 11.6 Å². The molecule has 5 heteroatoms. The summed E-state index contributed by atoms with van der Waals surface area (Å²) in [5.41, 5.74) is -0.0541. The Balaban J connectivity index is 2.15. The lowest BCUT2D eigenvalue weighted by Gasteiger charge is -2.16. The lowest BCUT2D eigenvalue weighted by atomic mass is 10.1. The van der Waals surface area contributed by atoms with Gasteiger partial charge in [0.25, 0.3) is 5.91 Å². The first-order chi connectivity index (χ1) is 8.11. The number of nitrogens with zero attached hydrogens (tertiary/aromatic N) is 1. The first kappa shape index (κ1) is 12.5.